The summed E-state index contributed by atoms with van der Waals surface area (Å²) in [6.07, 6.45) is 0. The Morgan fingerprint density at radius 1 is 1.00 bits per heavy atom. The third-order valence-electron chi connectivity index (χ3n) is 4.11. The van der Waals surface area contributed by atoms with Crippen LogP contribution in [0.15, 0.2) is 54.6 Å². The first-order chi connectivity index (χ1) is 9.25. The molecule has 0 N–H and O–H groups in total. The summed E-state index contributed by atoms with van der Waals surface area (Å²) in [5.41, 5.74) is 4.33. The van der Waals surface area contributed by atoms with Gasteiger partial charge in [0.1, 0.15) is 0 Å². The molecule has 2 aromatic rings. The molecule has 1 unspecified atom stereocenters. The lowest BCUT2D eigenvalue weighted by Gasteiger charge is -2.21. The standard InChI is InChI=1S/C18H21N/c1-14(2)17-13-19(12-15-8-4-3-5-9-15)18-11-7-6-10-16(17)18/h3-11,14,17H,12-13H2,1-2H3. The van der Waals surface area contributed by atoms with Crippen molar-refractivity contribution in [1.29, 1.82) is 0 Å². The molecule has 1 heterocycles. The number of nitrogens with zero attached hydrogens (tertiary/aromatic N) is 1. The maximum Gasteiger partial charge on any atom is 0.0429 e. The Morgan fingerprint density at radius 2 is 1.68 bits per heavy atom. The Bertz CT molecular complexity index is 545. The maximum atomic E-state index is 2.52. The summed E-state index contributed by atoms with van der Waals surface area (Å²) < 4.78 is 0. The van der Waals surface area contributed by atoms with Crippen molar-refractivity contribution in [2.45, 2.75) is 26.3 Å². The third-order valence-corrected chi connectivity index (χ3v) is 4.11. The number of para-hydroxylation sites is 1. The molecule has 1 aliphatic rings. The fourth-order valence-electron chi connectivity index (χ4n) is 3.05. The van der Waals surface area contributed by atoms with Gasteiger partial charge in [-0.25, -0.2) is 0 Å². The van der Waals surface area contributed by atoms with Crippen LogP contribution in [0.4, 0.5) is 5.69 Å². The molecule has 3 rings (SSSR count). The number of hydrogen-bond donors (Lipinski definition) is 0. The summed E-state index contributed by atoms with van der Waals surface area (Å²) >= 11 is 0. The highest BCUT2D eigenvalue weighted by molar-refractivity contribution is 5.60. The first-order valence-electron chi connectivity index (χ1n) is 7.13. The smallest absolute Gasteiger partial charge is 0.0429 e. The van der Waals surface area contributed by atoms with E-state index in [4.69, 9.17) is 0 Å². The third kappa shape index (κ3) is 2.37. The van der Waals surface area contributed by atoms with Gasteiger partial charge in [0, 0.05) is 24.7 Å². The highest BCUT2D eigenvalue weighted by Gasteiger charge is 2.29. The lowest BCUT2D eigenvalue weighted by atomic mass is 9.90. The molecule has 1 atom stereocenters. The fraction of sp³-hybridized carbons (Fsp3) is 0.333. The quantitative estimate of drug-likeness (QED) is 0.779. The zero-order valence-electron chi connectivity index (χ0n) is 11.7. The van der Waals surface area contributed by atoms with Gasteiger partial charge in [0.2, 0.25) is 0 Å². The maximum absolute atomic E-state index is 2.52. The highest BCUT2D eigenvalue weighted by atomic mass is 15.2. The van der Waals surface area contributed by atoms with Gasteiger partial charge in [-0.05, 0) is 23.1 Å². The molecule has 0 spiro atoms. The van der Waals surface area contributed by atoms with Crippen molar-refractivity contribution >= 4 is 5.69 Å². The summed E-state index contributed by atoms with van der Waals surface area (Å²) in [5, 5.41) is 0. The van der Waals surface area contributed by atoms with E-state index in [1.807, 2.05) is 0 Å². The van der Waals surface area contributed by atoms with Crippen LogP contribution in [0.3, 0.4) is 0 Å². The van der Waals surface area contributed by atoms with E-state index in [1.54, 1.807) is 0 Å². The van der Waals surface area contributed by atoms with Gasteiger partial charge in [0.05, 0.1) is 0 Å². The predicted octanol–water partition coefficient (Wildman–Crippen LogP) is 4.45. The molecule has 0 fully saturated rings. The summed E-state index contributed by atoms with van der Waals surface area (Å²) in [5.74, 6) is 1.36. The van der Waals surface area contributed by atoms with Crippen LogP contribution in [-0.2, 0) is 6.54 Å². The Kier molecular flexibility index (Phi) is 3.29. The number of anilines is 1. The first kappa shape index (κ1) is 12.3. The molecule has 1 heteroatoms. The summed E-state index contributed by atoms with van der Waals surface area (Å²) in [6.45, 7) is 6.81. The first-order valence-corrected chi connectivity index (χ1v) is 7.13. The second kappa shape index (κ2) is 5.08. The summed E-state index contributed by atoms with van der Waals surface area (Å²) in [6, 6.07) is 19.6. The Labute approximate surface area is 115 Å². The topological polar surface area (TPSA) is 3.24 Å². The van der Waals surface area contributed by atoms with Crippen LogP contribution in [-0.4, -0.2) is 6.54 Å². The zero-order valence-corrected chi connectivity index (χ0v) is 11.7. The molecule has 0 bridgehead atoms. The fourth-order valence-corrected chi connectivity index (χ4v) is 3.05. The van der Waals surface area contributed by atoms with Crippen LogP contribution in [0, 0.1) is 5.92 Å². The van der Waals surface area contributed by atoms with E-state index in [-0.39, 0.29) is 0 Å². The van der Waals surface area contributed by atoms with Crippen molar-refractivity contribution in [3.8, 4) is 0 Å². The van der Waals surface area contributed by atoms with Gasteiger partial charge < -0.3 is 4.90 Å². The van der Waals surface area contributed by atoms with Crippen molar-refractivity contribution in [2.75, 3.05) is 11.4 Å². The molecule has 0 radical (unpaired) electrons. The minimum atomic E-state index is 0.667. The summed E-state index contributed by atoms with van der Waals surface area (Å²) in [7, 11) is 0. The highest BCUT2D eigenvalue weighted by Crippen LogP contribution is 2.40. The molecule has 2 aromatic carbocycles. The normalized spacial score (nSPS) is 17.8. The van der Waals surface area contributed by atoms with E-state index in [2.05, 4.69) is 73.3 Å². The lowest BCUT2D eigenvalue weighted by molar-refractivity contribution is 0.514. The van der Waals surface area contributed by atoms with Gasteiger partial charge in [-0.1, -0.05) is 62.4 Å². The largest absolute Gasteiger partial charge is 0.366 e. The van der Waals surface area contributed by atoms with Crippen molar-refractivity contribution in [1.82, 2.24) is 0 Å². The number of benzene rings is 2. The predicted molar refractivity (Wildman–Crippen MR) is 81.5 cm³/mol. The van der Waals surface area contributed by atoms with Crippen molar-refractivity contribution in [2.24, 2.45) is 5.92 Å². The van der Waals surface area contributed by atoms with Crippen molar-refractivity contribution < 1.29 is 0 Å². The second-order valence-corrected chi connectivity index (χ2v) is 5.78. The van der Waals surface area contributed by atoms with E-state index in [1.165, 1.54) is 16.8 Å². The van der Waals surface area contributed by atoms with E-state index in [0.717, 1.165) is 13.1 Å². The van der Waals surface area contributed by atoms with Crippen LogP contribution < -0.4 is 4.90 Å². The van der Waals surface area contributed by atoms with Gasteiger partial charge >= 0.3 is 0 Å². The van der Waals surface area contributed by atoms with Gasteiger partial charge in [0.15, 0.2) is 0 Å². The van der Waals surface area contributed by atoms with Gasteiger partial charge in [-0.3, -0.25) is 0 Å². The average Bonchev–Trinajstić information content (AvgIpc) is 2.79. The molecule has 0 amide bonds. The second-order valence-electron chi connectivity index (χ2n) is 5.78. The van der Waals surface area contributed by atoms with Crippen molar-refractivity contribution in [3.05, 3.63) is 65.7 Å². The molecule has 98 valence electrons. The van der Waals surface area contributed by atoms with Crippen molar-refractivity contribution in [3.63, 3.8) is 0 Å². The average molecular weight is 251 g/mol. The van der Waals surface area contributed by atoms with Gasteiger partial charge in [-0.15, -0.1) is 0 Å². The molecule has 0 aliphatic carbocycles. The van der Waals surface area contributed by atoms with Crippen LogP contribution >= 0.6 is 0 Å². The minimum absolute atomic E-state index is 0.667. The summed E-state index contributed by atoms with van der Waals surface area (Å²) in [4.78, 5) is 2.52. The Balaban J connectivity index is 1.88. The molecule has 1 aliphatic heterocycles. The monoisotopic (exact) mass is 251 g/mol. The molecular formula is C18H21N. The molecule has 0 saturated heterocycles. The Hall–Kier alpha value is -1.76. The SMILES string of the molecule is CC(C)C1CN(Cc2ccccc2)c2ccccc21. The van der Waals surface area contributed by atoms with Gasteiger partial charge in [-0.2, -0.15) is 0 Å². The van der Waals surface area contributed by atoms with Gasteiger partial charge in [0.25, 0.3) is 0 Å². The minimum Gasteiger partial charge on any atom is -0.366 e. The number of rotatable bonds is 3. The number of fused-ring (bicyclic) bond motifs is 1. The van der Waals surface area contributed by atoms with E-state index in [0.29, 0.717) is 11.8 Å². The van der Waals surface area contributed by atoms with Crippen LogP contribution in [0.5, 0.6) is 0 Å². The molecule has 0 aromatic heterocycles. The van der Waals surface area contributed by atoms with Crippen LogP contribution in [0.1, 0.15) is 30.9 Å². The zero-order chi connectivity index (χ0) is 13.2. The van der Waals surface area contributed by atoms with E-state index < -0.39 is 0 Å². The Morgan fingerprint density at radius 3 is 2.42 bits per heavy atom. The van der Waals surface area contributed by atoms with E-state index >= 15 is 0 Å². The molecule has 19 heavy (non-hydrogen) atoms. The molecule has 1 nitrogen and oxygen atoms in total. The van der Waals surface area contributed by atoms with Crippen LogP contribution in [0.2, 0.25) is 0 Å². The molecule has 0 saturated carbocycles. The lowest BCUT2D eigenvalue weighted by Crippen LogP contribution is -2.22. The number of hydrogen-bond acceptors (Lipinski definition) is 1. The van der Waals surface area contributed by atoms with E-state index in [9.17, 15) is 0 Å². The molecular weight excluding hydrogens is 230 g/mol. The van der Waals surface area contributed by atoms with Crippen LogP contribution in [0.25, 0.3) is 0 Å².